The molecule has 0 saturated carbocycles. The summed E-state index contributed by atoms with van der Waals surface area (Å²) in [6, 6.07) is 16.3. The molecule has 3 aromatic carbocycles. The lowest BCUT2D eigenvalue weighted by molar-refractivity contribution is -0.144. The number of nitrogens with one attached hydrogen (secondary N) is 2. The van der Waals surface area contributed by atoms with Gasteiger partial charge < -0.3 is 26.0 Å². The minimum Gasteiger partial charge on any atom is -0.444 e. The van der Waals surface area contributed by atoms with Gasteiger partial charge in [0.15, 0.2) is 0 Å². The van der Waals surface area contributed by atoms with Crippen molar-refractivity contribution >= 4 is 40.3 Å². The van der Waals surface area contributed by atoms with E-state index in [0.29, 0.717) is 23.6 Å². The molecule has 0 aliphatic heterocycles. The van der Waals surface area contributed by atoms with Crippen molar-refractivity contribution in [3.05, 3.63) is 77.4 Å². The van der Waals surface area contributed by atoms with E-state index < -0.39 is 54.0 Å². The number of nitrogens with two attached hydrogens (primary N) is 1. The van der Waals surface area contributed by atoms with Crippen LogP contribution in [0.1, 0.15) is 83.5 Å². The zero-order valence-electron chi connectivity index (χ0n) is 27.8. The summed E-state index contributed by atoms with van der Waals surface area (Å²) in [4.78, 5) is 55.6. The fourth-order valence-electron chi connectivity index (χ4n) is 5.31. The highest BCUT2D eigenvalue weighted by atomic mass is 16.6. The van der Waals surface area contributed by atoms with Gasteiger partial charge in [-0.2, -0.15) is 0 Å². The van der Waals surface area contributed by atoms with E-state index in [1.54, 1.807) is 20.8 Å². The van der Waals surface area contributed by atoms with Gasteiger partial charge in [-0.05, 0) is 99.9 Å². The van der Waals surface area contributed by atoms with Gasteiger partial charge in [-0.15, -0.1) is 0 Å². The second-order valence-electron chi connectivity index (χ2n) is 13.2. The van der Waals surface area contributed by atoms with E-state index in [4.69, 9.17) is 10.5 Å². The average Bonchev–Trinajstić information content (AvgIpc) is 2.94. The maximum atomic E-state index is 14.6. The molecule has 4 amide bonds. The van der Waals surface area contributed by atoms with Gasteiger partial charge in [0.2, 0.25) is 11.8 Å². The smallest absolute Gasteiger partial charge is 0.408 e. The van der Waals surface area contributed by atoms with Crippen LogP contribution in [-0.2, 0) is 19.1 Å². The van der Waals surface area contributed by atoms with Crippen molar-refractivity contribution in [1.82, 2.24) is 10.2 Å². The molecule has 3 unspecified atom stereocenters. The van der Waals surface area contributed by atoms with Crippen molar-refractivity contribution in [2.45, 2.75) is 98.4 Å². The van der Waals surface area contributed by atoms with E-state index in [1.165, 1.54) is 4.90 Å². The van der Waals surface area contributed by atoms with Crippen LogP contribution in [0.4, 0.5) is 10.5 Å². The number of hydrogen-bond donors (Lipinski definition) is 3. The Hall–Kier alpha value is -4.40. The molecule has 3 atom stereocenters. The number of carbonyl (C=O) groups is 4. The molecule has 0 saturated heterocycles. The first kappa shape index (κ1) is 35.1. The van der Waals surface area contributed by atoms with Crippen LogP contribution in [0.15, 0.2) is 60.7 Å². The van der Waals surface area contributed by atoms with Gasteiger partial charge in [0.1, 0.15) is 17.7 Å². The van der Waals surface area contributed by atoms with Gasteiger partial charge in [-0.25, -0.2) is 4.79 Å². The quantitative estimate of drug-likeness (QED) is 0.212. The highest BCUT2D eigenvalue weighted by molar-refractivity contribution is 6.01. The fraction of sp³-hybridized carbons (Fsp3) is 0.444. The number of amides is 4. The molecule has 0 aromatic heterocycles. The number of anilines is 1. The lowest BCUT2D eigenvalue weighted by Crippen LogP contribution is -2.56. The summed E-state index contributed by atoms with van der Waals surface area (Å²) in [5.74, 6) is -1.45. The Morgan fingerprint density at radius 1 is 0.889 bits per heavy atom. The fourth-order valence-corrected chi connectivity index (χ4v) is 5.31. The molecule has 0 spiro atoms. The van der Waals surface area contributed by atoms with Crippen molar-refractivity contribution in [3.63, 3.8) is 0 Å². The van der Waals surface area contributed by atoms with E-state index in [1.807, 2.05) is 81.4 Å². The van der Waals surface area contributed by atoms with E-state index in [9.17, 15) is 19.2 Å². The molecule has 4 N–H and O–H groups in total. The lowest BCUT2D eigenvalue weighted by Gasteiger charge is -2.39. The Labute approximate surface area is 266 Å². The van der Waals surface area contributed by atoms with Crippen molar-refractivity contribution in [2.75, 3.05) is 5.32 Å². The SMILES string of the molecule is Cc1cccc(C(C(=O)Nc2ccc3ccccc3c2)N(C(=O)C(CC(N)=O)NC(=O)OC(C)(C)C)C(C)CCC(C)C)c1C. The maximum absolute atomic E-state index is 14.6. The number of rotatable bonds is 12. The largest absolute Gasteiger partial charge is 0.444 e. The van der Waals surface area contributed by atoms with E-state index >= 15 is 0 Å². The number of ether oxygens (including phenoxy) is 1. The second-order valence-corrected chi connectivity index (χ2v) is 13.2. The number of carbonyl (C=O) groups excluding carboxylic acids is 4. The van der Waals surface area contributed by atoms with Crippen LogP contribution in [0.2, 0.25) is 0 Å². The Morgan fingerprint density at radius 3 is 2.18 bits per heavy atom. The van der Waals surface area contributed by atoms with E-state index in [2.05, 4.69) is 24.5 Å². The third-order valence-corrected chi connectivity index (χ3v) is 7.77. The number of nitrogens with zero attached hydrogens (tertiary/aromatic N) is 1. The van der Waals surface area contributed by atoms with Crippen LogP contribution in [-0.4, -0.2) is 46.4 Å². The third-order valence-electron chi connectivity index (χ3n) is 7.77. The van der Waals surface area contributed by atoms with Crippen LogP contribution in [0.25, 0.3) is 10.8 Å². The zero-order chi connectivity index (χ0) is 33.5. The standard InChI is InChI=1S/C36H48N4O5/c1-22(2)16-17-24(4)40(34(43)30(21-31(37)41)39-35(44)45-36(6,7)8)32(29-15-11-12-23(3)25(29)5)33(42)38-28-19-18-26-13-9-10-14-27(26)20-28/h9-15,18-20,22,24,30,32H,16-17,21H2,1-8H3,(H2,37,41)(H,38,42)(H,39,44). The Kier molecular flexibility index (Phi) is 11.7. The summed E-state index contributed by atoms with van der Waals surface area (Å²) < 4.78 is 5.41. The maximum Gasteiger partial charge on any atom is 0.408 e. The van der Waals surface area contributed by atoms with Crippen LogP contribution >= 0.6 is 0 Å². The van der Waals surface area contributed by atoms with Crippen molar-refractivity contribution in [2.24, 2.45) is 11.7 Å². The summed E-state index contributed by atoms with van der Waals surface area (Å²) in [7, 11) is 0. The van der Waals surface area contributed by atoms with Crippen molar-refractivity contribution in [1.29, 1.82) is 0 Å². The summed E-state index contributed by atoms with van der Waals surface area (Å²) in [6.07, 6.45) is 0.0541. The Morgan fingerprint density at radius 2 is 1.56 bits per heavy atom. The minimum atomic E-state index is -1.35. The number of fused-ring (bicyclic) bond motifs is 1. The van der Waals surface area contributed by atoms with E-state index in [0.717, 1.165) is 28.3 Å². The Bertz CT molecular complexity index is 1530. The van der Waals surface area contributed by atoms with Crippen molar-refractivity contribution in [3.8, 4) is 0 Å². The van der Waals surface area contributed by atoms with Gasteiger partial charge in [-0.1, -0.05) is 62.4 Å². The van der Waals surface area contributed by atoms with Crippen LogP contribution in [0.3, 0.4) is 0 Å². The van der Waals surface area contributed by atoms with Gasteiger partial charge >= 0.3 is 6.09 Å². The molecule has 9 nitrogen and oxygen atoms in total. The highest BCUT2D eigenvalue weighted by Crippen LogP contribution is 2.32. The monoisotopic (exact) mass is 616 g/mol. The average molecular weight is 617 g/mol. The molecule has 0 bridgehead atoms. The summed E-state index contributed by atoms with van der Waals surface area (Å²) in [6.45, 7) is 15.0. The predicted molar refractivity (Wildman–Crippen MR) is 179 cm³/mol. The van der Waals surface area contributed by atoms with Gasteiger partial charge in [0, 0.05) is 11.7 Å². The summed E-state index contributed by atoms with van der Waals surface area (Å²) >= 11 is 0. The summed E-state index contributed by atoms with van der Waals surface area (Å²) in [5, 5.41) is 7.60. The number of benzene rings is 3. The number of alkyl carbamates (subject to hydrolysis) is 1. The van der Waals surface area contributed by atoms with Crippen LogP contribution in [0, 0.1) is 19.8 Å². The van der Waals surface area contributed by atoms with E-state index in [-0.39, 0.29) is 0 Å². The van der Waals surface area contributed by atoms with Gasteiger partial charge in [0.05, 0.1) is 6.42 Å². The molecule has 0 heterocycles. The van der Waals surface area contributed by atoms with Crippen LogP contribution < -0.4 is 16.4 Å². The molecule has 3 rings (SSSR count). The van der Waals surface area contributed by atoms with Crippen LogP contribution in [0.5, 0.6) is 0 Å². The minimum absolute atomic E-state index is 0.344. The third kappa shape index (κ3) is 9.80. The molecular formula is C36H48N4O5. The molecule has 0 aliphatic rings. The van der Waals surface area contributed by atoms with Crippen molar-refractivity contribution < 1.29 is 23.9 Å². The normalized spacial score (nSPS) is 13.5. The zero-order valence-corrected chi connectivity index (χ0v) is 27.8. The number of primary amides is 1. The molecular weight excluding hydrogens is 568 g/mol. The molecule has 45 heavy (non-hydrogen) atoms. The molecule has 242 valence electrons. The first-order valence-corrected chi connectivity index (χ1v) is 15.5. The van der Waals surface area contributed by atoms with Gasteiger partial charge in [0.25, 0.3) is 5.91 Å². The number of aryl methyl sites for hydroxylation is 1. The lowest BCUT2D eigenvalue weighted by atomic mass is 9.92. The predicted octanol–water partition coefficient (Wildman–Crippen LogP) is 6.56. The van der Waals surface area contributed by atoms with Gasteiger partial charge in [-0.3, -0.25) is 14.4 Å². The molecule has 3 aromatic rings. The first-order valence-electron chi connectivity index (χ1n) is 15.5. The molecule has 0 radical (unpaired) electrons. The number of hydrogen-bond acceptors (Lipinski definition) is 5. The molecule has 0 aliphatic carbocycles. The topological polar surface area (TPSA) is 131 Å². The molecule has 0 fully saturated rings. The second kappa shape index (κ2) is 15.1. The first-order chi connectivity index (χ1) is 21.1. The summed E-state index contributed by atoms with van der Waals surface area (Å²) in [5.41, 5.74) is 7.77. The highest BCUT2D eigenvalue weighted by Gasteiger charge is 2.40. The Balaban J connectivity index is 2.15. The molecule has 9 heteroatoms.